The van der Waals surface area contributed by atoms with Crippen molar-refractivity contribution in [1.82, 2.24) is 9.55 Å². The van der Waals surface area contributed by atoms with E-state index < -0.39 is 0 Å². The van der Waals surface area contributed by atoms with Crippen molar-refractivity contribution in [1.29, 1.82) is 0 Å². The number of hydrogen-bond donors (Lipinski definition) is 0. The molecular weight excluding hydrogens is 328 g/mol. The lowest BCUT2D eigenvalue weighted by atomic mass is 10.0. The van der Waals surface area contributed by atoms with Gasteiger partial charge >= 0.3 is 0 Å². The first-order valence-corrected chi connectivity index (χ1v) is 9.39. The summed E-state index contributed by atoms with van der Waals surface area (Å²) >= 11 is 1.48. The molecule has 0 aliphatic rings. The average Bonchev–Trinajstić information content (AvgIpc) is 2.62. The maximum atomic E-state index is 12.7. The van der Waals surface area contributed by atoms with E-state index in [2.05, 4.69) is 62.2 Å². The van der Waals surface area contributed by atoms with E-state index in [0.717, 1.165) is 11.4 Å². The third-order valence-corrected chi connectivity index (χ3v) is 5.17. The molecule has 0 saturated carbocycles. The maximum absolute atomic E-state index is 12.7. The Kier molecular flexibility index (Phi) is 5.39. The van der Waals surface area contributed by atoms with Crippen molar-refractivity contribution in [2.45, 2.75) is 37.5 Å². The van der Waals surface area contributed by atoms with Gasteiger partial charge in [0.1, 0.15) is 0 Å². The van der Waals surface area contributed by atoms with Gasteiger partial charge in [-0.1, -0.05) is 67.6 Å². The summed E-state index contributed by atoms with van der Waals surface area (Å²) in [5.41, 5.74) is 4.48. The lowest BCUT2D eigenvalue weighted by Crippen LogP contribution is -2.20. The molecule has 0 aliphatic carbocycles. The van der Waals surface area contributed by atoms with E-state index >= 15 is 0 Å². The Hall–Kier alpha value is -2.33. The molecule has 0 aliphatic heterocycles. The van der Waals surface area contributed by atoms with Crippen LogP contribution >= 0.6 is 11.8 Å². The van der Waals surface area contributed by atoms with Gasteiger partial charge in [-0.25, -0.2) is 4.98 Å². The molecule has 0 spiro atoms. The first-order chi connectivity index (χ1) is 12.0. The molecular formula is C21H22N2OS. The van der Waals surface area contributed by atoms with Crippen LogP contribution in [-0.2, 0) is 5.75 Å². The second-order valence-electron chi connectivity index (χ2n) is 6.43. The molecule has 0 amide bonds. The van der Waals surface area contributed by atoms with Gasteiger partial charge in [0.15, 0.2) is 5.03 Å². The third-order valence-electron chi connectivity index (χ3n) is 4.14. The van der Waals surface area contributed by atoms with Crippen molar-refractivity contribution in [2.75, 3.05) is 0 Å². The molecule has 0 atom stereocenters. The van der Waals surface area contributed by atoms with Gasteiger partial charge in [0, 0.05) is 23.8 Å². The predicted molar refractivity (Wildman–Crippen MR) is 105 cm³/mol. The van der Waals surface area contributed by atoms with Crippen molar-refractivity contribution in [2.24, 2.45) is 0 Å². The molecule has 3 rings (SSSR count). The minimum absolute atomic E-state index is 0.0723. The SMILES string of the molecule is Cc1ccc(CSc2nccn(-c3ccc(C(C)C)cc3)c2=O)cc1. The molecule has 0 unspecified atom stereocenters. The number of aromatic nitrogens is 2. The quantitative estimate of drug-likeness (QED) is 0.610. The van der Waals surface area contributed by atoms with Crippen LogP contribution in [0.5, 0.6) is 0 Å². The summed E-state index contributed by atoms with van der Waals surface area (Å²) in [5.74, 6) is 1.21. The molecule has 3 aromatic rings. The topological polar surface area (TPSA) is 34.9 Å². The Morgan fingerprint density at radius 2 is 1.72 bits per heavy atom. The fourth-order valence-electron chi connectivity index (χ4n) is 2.55. The molecule has 0 bridgehead atoms. The lowest BCUT2D eigenvalue weighted by Gasteiger charge is -2.10. The second-order valence-corrected chi connectivity index (χ2v) is 7.39. The van der Waals surface area contributed by atoms with Crippen LogP contribution in [0.25, 0.3) is 5.69 Å². The molecule has 0 radical (unpaired) electrons. The summed E-state index contributed by atoms with van der Waals surface area (Å²) in [6.45, 7) is 6.39. The van der Waals surface area contributed by atoms with Gasteiger partial charge in [-0.15, -0.1) is 0 Å². The van der Waals surface area contributed by atoms with Crippen LogP contribution in [0, 0.1) is 6.92 Å². The van der Waals surface area contributed by atoms with Gasteiger partial charge in [-0.05, 0) is 36.1 Å². The number of hydrogen-bond acceptors (Lipinski definition) is 3. The highest BCUT2D eigenvalue weighted by molar-refractivity contribution is 7.98. The molecule has 1 aromatic heterocycles. The third kappa shape index (κ3) is 4.20. The predicted octanol–water partition coefficient (Wildman–Crippen LogP) is 4.96. The molecule has 0 saturated heterocycles. The summed E-state index contributed by atoms with van der Waals surface area (Å²) in [7, 11) is 0. The number of benzene rings is 2. The zero-order valence-corrected chi connectivity index (χ0v) is 15.6. The van der Waals surface area contributed by atoms with Crippen LogP contribution in [-0.4, -0.2) is 9.55 Å². The van der Waals surface area contributed by atoms with Gasteiger partial charge in [0.2, 0.25) is 0 Å². The highest BCUT2D eigenvalue weighted by Crippen LogP contribution is 2.19. The standard InChI is InChI=1S/C21H22N2OS/c1-15(2)18-8-10-19(11-9-18)23-13-12-22-20(21(23)24)25-14-17-6-4-16(3)5-7-17/h4-13,15H,14H2,1-3H3. The van der Waals surface area contributed by atoms with Crippen molar-refractivity contribution < 1.29 is 0 Å². The fourth-order valence-corrected chi connectivity index (χ4v) is 3.40. The molecule has 2 aromatic carbocycles. The Morgan fingerprint density at radius 3 is 2.36 bits per heavy atom. The van der Waals surface area contributed by atoms with Crippen LogP contribution in [0.4, 0.5) is 0 Å². The van der Waals surface area contributed by atoms with Crippen molar-refractivity contribution in [3.05, 3.63) is 88.0 Å². The van der Waals surface area contributed by atoms with E-state index in [0.29, 0.717) is 10.9 Å². The minimum atomic E-state index is -0.0723. The summed E-state index contributed by atoms with van der Waals surface area (Å²) in [6.07, 6.45) is 3.41. The van der Waals surface area contributed by atoms with Crippen LogP contribution in [0.3, 0.4) is 0 Å². The van der Waals surface area contributed by atoms with Gasteiger partial charge in [0.05, 0.1) is 0 Å². The van der Waals surface area contributed by atoms with E-state index in [-0.39, 0.29) is 5.56 Å². The van der Waals surface area contributed by atoms with Crippen molar-refractivity contribution in [3.63, 3.8) is 0 Å². The largest absolute Gasteiger partial charge is 0.287 e. The smallest absolute Gasteiger partial charge is 0.280 e. The Labute approximate surface area is 152 Å². The van der Waals surface area contributed by atoms with Crippen LogP contribution in [0.2, 0.25) is 0 Å². The lowest BCUT2D eigenvalue weighted by molar-refractivity contribution is 0.857. The summed E-state index contributed by atoms with van der Waals surface area (Å²) in [4.78, 5) is 17.0. The zero-order chi connectivity index (χ0) is 17.8. The summed E-state index contributed by atoms with van der Waals surface area (Å²) < 4.78 is 1.66. The zero-order valence-electron chi connectivity index (χ0n) is 14.8. The molecule has 4 heteroatoms. The second kappa shape index (κ2) is 7.70. The Balaban J connectivity index is 1.82. The van der Waals surface area contributed by atoms with E-state index in [1.165, 1.54) is 28.5 Å². The fraction of sp³-hybridized carbons (Fsp3) is 0.238. The number of thioether (sulfide) groups is 1. The maximum Gasteiger partial charge on any atom is 0.287 e. The summed E-state index contributed by atoms with van der Waals surface area (Å²) in [6, 6.07) is 16.5. The highest BCUT2D eigenvalue weighted by Gasteiger charge is 2.08. The van der Waals surface area contributed by atoms with Gasteiger partial charge in [0.25, 0.3) is 5.56 Å². The molecule has 128 valence electrons. The van der Waals surface area contributed by atoms with E-state index in [9.17, 15) is 4.79 Å². The molecule has 0 N–H and O–H groups in total. The Bertz CT molecular complexity index is 896. The van der Waals surface area contributed by atoms with Crippen molar-refractivity contribution in [3.8, 4) is 5.69 Å². The number of rotatable bonds is 5. The van der Waals surface area contributed by atoms with E-state index in [1.807, 2.05) is 12.1 Å². The van der Waals surface area contributed by atoms with Crippen molar-refractivity contribution >= 4 is 11.8 Å². The van der Waals surface area contributed by atoms with Gasteiger partial charge < -0.3 is 0 Å². The van der Waals surface area contributed by atoms with E-state index in [4.69, 9.17) is 0 Å². The summed E-state index contributed by atoms with van der Waals surface area (Å²) in [5, 5.41) is 0.524. The monoisotopic (exact) mass is 350 g/mol. The molecule has 3 nitrogen and oxygen atoms in total. The van der Waals surface area contributed by atoms with Gasteiger partial charge in [-0.3, -0.25) is 9.36 Å². The first-order valence-electron chi connectivity index (χ1n) is 8.41. The normalized spacial score (nSPS) is 11.0. The number of nitrogens with zero attached hydrogens (tertiary/aromatic N) is 2. The number of aryl methyl sites for hydroxylation is 1. The highest BCUT2D eigenvalue weighted by atomic mass is 32.2. The molecule has 1 heterocycles. The van der Waals surface area contributed by atoms with Gasteiger partial charge in [-0.2, -0.15) is 0 Å². The van der Waals surface area contributed by atoms with Crippen LogP contribution in [0.1, 0.15) is 36.5 Å². The Morgan fingerprint density at radius 1 is 1.04 bits per heavy atom. The molecule has 25 heavy (non-hydrogen) atoms. The van der Waals surface area contributed by atoms with E-state index in [1.54, 1.807) is 17.0 Å². The van der Waals surface area contributed by atoms with Crippen LogP contribution < -0.4 is 5.56 Å². The minimum Gasteiger partial charge on any atom is -0.280 e. The van der Waals surface area contributed by atoms with Crippen LogP contribution in [0.15, 0.2) is 70.7 Å². The molecule has 0 fully saturated rings. The average molecular weight is 350 g/mol. The first kappa shape index (κ1) is 17.5.